The normalized spacial score (nSPS) is 10.8. The number of nitrogens with zero attached hydrogens (tertiary/aromatic N) is 3. The van der Waals surface area contributed by atoms with Crippen LogP contribution in [0.3, 0.4) is 0 Å². The van der Waals surface area contributed by atoms with Gasteiger partial charge in [0, 0.05) is 40.3 Å². The summed E-state index contributed by atoms with van der Waals surface area (Å²) in [5.41, 5.74) is 2.97. The van der Waals surface area contributed by atoms with Gasteiger partial charge in [-0.05, 0) is 35.9 Å². The maximum Gasteiger partial charge on any atom is 0.160 e. The third-order valence-corrected chi connectivity index (χ3v) is 4.22. The van der Waals surface area contributed by atoms with Crippen LogP contribution < -0.4 is 5.32 Å². The predicted octanol–water partition coefficient (Wildman–Crippen LogP) is 5.01. The zero-order valence-electron chi connectivity index (χ0n) is 13.4. The summed E-state index contributed by atoms with van der Waals surface area (Å²) in [6, 6.07) is 19.6. The average molecular weight is 347 g/mol. The number of anilines is 2. The second-order valence-corrected chi connectivity index (χ2v) is 6.15. The maximum absolute atomic E-state index is 5.95. The van der Waals surface area contributed by atoms with E-state index in [4.69, 9.17) is 11.6 Å². The molecule has 5 heteroatoms. The highest BCUT2D eigenvalue weighted by Crippen LogP contribution is 2.27. The molecule has 0 bridgehead atoms. The van der Waals surface area contributed by atoms with E-state index in [9.17, 15) is 0 Å². The lowest BCUT2D eigenvalue weighted by Gasteiger charge is -2.11. The first-order valence-corrected chi connectivity index (χ1v) is 8.33. The first-order chi connectivity index (χ1) is 12.3. The SMILES string of the molecule is Clc1ccc(Nc2nnc(Cc3cccnc3)c3ccccc23)cc1. The Bertz CT molecular complexity index is 1000. The molecule has 0 aliphatic heterocycles. The number of nitrogens with one attached hydrogen (secondary N) is 1. The lowest BCUT2D eigenvalue weighted by molar-refractivity contribution is 0.958. The van der Waals surface area contributed by atoms with Crippen LogP contribution in [0.1, 0.15) is 11.3 Å². The van der Waals surface area contributed by atoms with Gasteiger partial charge in [-0.15, -0.1) is 5.10 Å². The number of halogens is 1. The van der Waals surface area contributed by atoms with Crippen LogP contribution in [0.25, 0.3) is 10.8 Å². The Hall–Kier alpha value is -2.98. The van der Waals surface area contributed by atoms with Crippen molar-refractivity contribution in [1.82, 2.24) is 15.2 Å². The van der Waals surface area contributed by atoms with Crippen molar-refractivity contribution in [3.8, 4) is 0 Å². The number of rotatable bonds is 4. The van der Waals surface area contributed by atoms with E-state index < -0.39 is 0 Å². The molecule has 0 amide bonds. The van der Waals surface area contributed by atoms with Crippen molar-refractivity contribution in [2.45, 2.75) is 6.42 Å². The molecule has 1 N–H and O–H groups in total. The molecule has 0 radical (unpaired) electrons. The Balaban J connectivity index is 1.72. The third-order valence-electron chi connectivity index (χ3n) is 3.97. The summed E-state index contributed by atoms with van der Waals surface area (Å²) in [4.78, 5) is 4.17. The van der Waals surface area contributed by atoms with Gasteiger partial charge < -0.3 is 5.32 Å². The molecule has 122 valence electrons. The largest absolute Gasteiger partial charge is 0.338 e. The quantitative estimate of drug-likeness (QED) is 0.564. The van der Waals surface area contributed by atoms with E-state index in [1.807, 2.05) is 54.7 Å². The predicted molar refractivity (Wildman–Crippen MR) is 101 cm³/mol. The summed E-state index contributed by atoms with van der Waals surface area (Å²) in [6.07, 6.45) is 4.32. The molecule has 4 nitrogen and oxygen atoms in total. The highest BCUT2D eigenvalue weighted by atomic mass is 35.5. The molecule has 25 heavy (non-hydrogen) atoms. The maximum atomic E-state index is 5.95. The number of aromatic nitrogens is 3. The molecule has 2 aromatic carbocycles. The van der Waals surface area contributed by atoms with E-state index >= 15 is 0 Å². The molecule has 0 fully saturated rings. The van der Waals surface area contributed by atoms with Crippen LogP contribution in [-0.2, 0) is 6.42 Å². The fraction of sp³-hybridized carbons (Fsp3) is 0.0500. The van der Waals surface area contributed by atoms with Crippen molar-refractivity contribution >= 4 is 33.9 Å². The van der Waals surface area contributed by atoms with Crippen LogP contribution in [0.15, 0.2) is 73.1 Å². The van der Waals surface area contributed by atoms with Gasteiger partial charge >= 0.3 is 0 Å². The average Bonchev–Trinajstić information content (AvgIpc) is 2.66. The summed E-state index contributed by atoms with van der Waals surface area (Å²) in [6.45, 7) is 0. The van der Waals surface area contributed by atoms with Crippen LogP contribution in [0.2, 0.25) is 5.02 Å². The van der Waals surface area contributed by atoms with Crippen LogP contribution >= 0.6 is 11.6 Å². The van der Waals surface area contributed by atoms with E-state index in [2.05, 4.69) is 32.6 Å². The molecule has 0 aliphatic carbocycles. The van der Waals surface area contributed by atoms with E-state index in [1.54, 1.807) is 6.20 Å². The Labute approximate surface area is 150 Å². The van der Waals surface area contributed by atoms with Crippen molar-refractivity contribution in [2.75, 3.05) is 5.32 Å². The fourth-order valence-electron chi connectivity index (χ4n) is 2.75. The standard InChI is InChI=1S/C20H15ClN4/c21-15-7-9-16(10-8-15)23-20-18-6-2-1-5-17(18)19(24-25-20)12-14-4-3-11-22-13-14/h1-11,13H,12H2,(H,23,25). The Morgan fingerprint density at radius 1 is 0.840 bits per heavy atom. The minimum Gasteiger partial charge on any atom is -0.338 e. The zero-order chi connectivity index (χ0) is 17.1. The Morgan fingerprint density at radius 3 is 2.40 bits per heavy atom. The minimum atomic E-state index is 0.697. The van der Waals surface area contributed by atoms with Gasteiger partial charge in [0.2, 0.25) is 0 Å². The highest BCUT2D eigenvalue weighted by molar-refractivity contribution is 6.30. The summed E-state index contributed by atoms with van der Waals surface area (Å²) >= 11 is 5.95. The molecule has 4 aromatic rings. The van der Waals surface area contributed by atoms with E-state index in [-0.39, 0.29) is 0 Å². The van der Waals surface area contributed by atoms with Gasteiger partial charge in [-0.1, -0.05) is 41.9 Å². The van der Waals surface area contributed by atoms with Crippen molar-refractivity contribution in [3.05, 3.63) is 89.3 Å². The van der Waals surface area contributed by atoms with Crippen LogP contribution in [-0.4, -0.2) is 15.2 Å². The number of pyridine rings is 1. The highest BCUT2D eigenvalue weighted by Gasteiger charge is 2.10. The van der Waals surface area contributed by atoms with Gasteiger partial charge in [-0.25, -0.2) is 0 Å². The number of hydrogen-bond acceptors (Lipinski definition) is 4. The zero-order valence-corrected chi connectivity index (χ0v) is 14.1. The summed E-state index contributed by atoms with van der Waals surface area (Å²) in [5.74, 6) is 0.729. The second kappa shape index (κ2) is 6.87. The van der Waals surface area contributed by atoms with Gasteiger partial charge in [0.1, 0.15) is 0 Å². The van der Waals surface area contributed by atoms with Crippen molar-refractivity contribution in [1.29, 1.82) is 0 Å². The topological polar surface area (TPSA) is 50.7 Å². The third kappa shape index (κ3) is 3.44. The van der Waals surface area contributed by atoms with Crippen molar-refractivity contribution < 1.29 is 0 Å². The number of fused-ring (bicyclic) bond motifs is 1. The molecule has 0 unspecified atom stereocenters. The van der Waals surface area contributed by atoms with Gasteiger partial charge in [0.25, 0.3) is 0 Å². The molecular formula is C20H15ClN4. The molecule has 0 atom stereocenters. The Morgan fingerprint density at radius 2 is 1.64 bits per heavy atom. The molecule has 2 heterocycles. The smallest absolute Gasteiger partial charge is 0.160 e. The van der Waals surface area contributed by atoms with Gasteiger partial charge in [0.05, 0.1) is 5.69 Å². The summed E-state index contributed by atoms with van der Waals surface area (Å²) < 4.78 is 0. The van der Waals surface area contributed by atoms with Crippen LogP contribution in [0.5, 0.6) is 0 Å². The lowest BCUT2D eigenvalue weighted by atomic mass is 10.1. The van der Waals surface area contributed by atoms with Gasteiger partial charge in [-0.2, -0.15) is 5.10 Å². The van der Waals surface area contributed by atoms with Crippen molar-refractivity contribution in [2.24, 2.45) is 0 Å². The monoisotopic (exact) mass is 346 g/mol. The molecule has 0 saturated carbocycles. The minimum absolute atomic E-state index is 0.697. The molecule has 0 saturated heterocycles. The van der Waals surface area contributed by atoms with E-state index in [0.29, 0.717) is 11.4 Å². The first kappa shape index (κ1) is 15.5. The van der Waals surface area contributed by atoms with Crippen LogP contribution in [0.4, 0.5) is 11.5 Å². The second-order valence-electron chi connectivity index (χ2n) is 5.71. The van der Waals surface area contributed by atoms with E-state index in [1.165, 1.54) is 0 Å². The molecule has 2 aromatic heterocycles. The van der Waals surface area contributed by atoms with Gasteiger partial charge in [-0.3, -0.25) is 4.98 Å². The molecular weight excluding hydrogens is 332 g/mol. The van der Waals surface area contributed by atoms with Crippen molar-refractivity contribution in [3.63, 3.8) is 0 Å². The molecule has 0 spiro atoms. The Kier molecular flexibility index (Phi) is 4.27. The summed E-state index contributed by atoms with van der Waals surface area (Å²) in [5, 5.41) is 15.0. The lowest BCUT2D eigenvalue weighted by Crippen LogP contribution is -2.02. The van der Waals surface area contributed by atoms with E-state index in [0.717, 1.165) is 33.5 Å². The molecule has 0 aliphatic rings. The number of benzene rings is 2. The first-order valence-electron chi connectivity index (χ1n) is 7.95. The fourth-order valence-corrected chi connectivity index (χ4v) is 2.87. The van der Waals surface area contributed by atoms with Crippen LogP contribution in [0, 0.1) is 0 Å². The summed E-state index contributed by atoms with van der Waals surface area (Å²) in [7, 11) is 0. The molecule has 4 rings (SSSR count). The number of hydrogen-bond donors (Lipinski definition) is 1. The van der Waals surface area contributed by atoms with Gasteiger partial charge in [0.15, 0.2) is 5.82 Å².